The summed E-state index contributed by atoms with van der Waals surface area (Å²) in [5.41, 5.74) is 1.99. The van der Waals surface area contributed by atoms with Crippen LogP contribution in [0.25, 0.3) is 10.8 Å². The van der Waals surface area contributed by atoms with E-state index in [1.54, 1.807) is 12.1 Å². The lowest BCUT2D eigenvalue weighted by Gasteiger charge is -2.18. The highest BCUT2D eigenvalue weighted by atomic mass is 35.5. The van der Waals surface area contributed by atoms with Gasteiger partial charge in [0.2, 0.25) is 0 Å². The zero-order chi connectivity index (χ0) is 19.4. The van der Waals surface area contributed by atoms with Crippen molar-refractivity contribution < 1.29 is 18.3 Å². The Bertz CT molecular complexity index is 928. The molecule has 0 aliphatic carbocycles. The van der Waals surface area contributed by atoms with Gasteiger partial charge in [0.1, 0.15) is 0 Å². The van der Waals surface area contributed by atoms with Gasteiger partial charge in [-0.1, -0.05) is 54.1 Å². The van der Waals surface area contributed by atoms with Crippen molar-refractivity contribution in [2.24, 2.45) is 0 Å². The van der Waals surface area contributed by atoms with Crippen molar-refractivity contribution in [1.82, 2.24) is 5.32 Å². The van der Waals surface area contributed by atoms with Crippen LogP contribution in [-0.4, -0.2) is 13.7 Å². The highest BCUT2D eigenvalue weighted by Gasteiger charge is 2.17. The molecule has 1 N–H and O–H groups in total. The van der Waals surface area contributed by atoms with E-state index >= 15 is 0 Å². The first kappa shape index (κ1) is 19.4. The van der Waals surface area contributed by atoms with Crippen molar-refractivity contribution in [2.45, 2.75) is 26.1 Å². The van der Waals surface area contributed by atoms with Gasteiger partial charge in [0.25, 0.3) is 0 Å². The Balaban J connectivity index is 1.79. The fourth-order valence-electron chi connectivity index (χ4n) is 3.09. The van der Waals surface area contributed by atoms with Gasteiger partial charge < -0.3 is 14.8 Å². The Morgan fingerprint density at radius 2 is 1.81 bits per heavy atom. The van der Waals surface area contributed by atoms with Crippen molar-refractivity contribution in [1.29, 1.82) is 0 Å². The number of alkyl halides is 2. The number of hydrogen-bond donors (Lipinski definition) is 1. The van der Waals surface area contributed by atoms with E-state index in [2.05, 4.69) is 41.2 Å². The van der Waals surface area contributed by atoms with Crippen molar-refractivity contribution in [3.8, 4) is 11.5 Å². The average molecular weight is 392 g/mol. The van der Waals surface area contributed by atoms with Crippen LogP contribution < -0.4 is 14.8 Å². The van der Waals surface area contributed by atoms with E-state index in [4.69, 9.17) is 16.3 Å². The summed E-state index contributed by atoms with van der Waals surface area (Å²) in [6.07, 6.45) is 0. The summed E-state index contributed by atoms with van der Waals surface area (Å²) in [6, 6.07) is 17.7. The van der Waals surface area contributed by atoms with Crippen molar-refractivity contribution >= 4 is 22.4 Å². The smallest absolute Gasteiger partial charge is 0.387 e. The summed E-state index contributed by atoms with van der Waals surface area (Å²) in [5.74, 6) is 0.0254. The summed E-state index contributed by atoms with van der Waals surface area (Å²) in [5, 5.41) is 5.90. The molecule has 0 aromatic heterocycles. The van der Waals surface area contributed by atoms with E-state index in [-0.39, 0.29) is 22.6 Å². The maximum absolute atomic E-state index is 12.5. The Hall–Kier alpha value is -2.37. The fourth-order valence-corrected chi connectivity index (χ4v) is 3.37. The van der Waals surface area contributed by atoms with E-state index in [9.17, 15) is 8.78 Å². The molecule has 142 valence electrons. The molecule has 0 spiro atoms. The molecular weight excluding hydrogens is 372 g/mol. The van der Waals surface area contributed by atoms with Crippen LogP contribution in [-0.2, 0) is 6.54 Å². The number of methoxy groups -OCH3 is 1. The van der Waals surface area contributed by atoms with E-state index in [1.807, 2.05) is 18.2 Å². The first-order chi connectivity index (χ1) is 13.0. The van der Waals surface area contributed by atoms with Crippen LogP contribution in [0.2, 0.25) is 5.02 Å². The average Bonchev–Trinajstić information content (AvgIpc) is 2.67. The maximum Gasteiger partial charge on any atom is 0.387 e. The number of halogens is 3. The SMILES string of the molecule is COc1cc(CN[C@H](C)c2cccc3ccccc23)cc(Cl)c1OC(F)F. The summed E-state index contributed by atoms with van der Waals surface area (Å²) in [6.45, 7) is -0.392. The van der Waals surface area contributed by atoms with Crippen LogP contribution in [0.15, 0.2) is 54.6 Å². The molecule has 3 nitrogen and oxygen atoms in total. The second kappa shape index (κ2) is 8.55. The van der Waals surface area contributed by atoms with E-state index in [1.165, 1.54) is 23.4 Å². The number of nitrogens with one attached hydrogen (secondary N) is 1. The monoisotopic (exact) mass is 391 g/mol. The largest absolute Gasteiger partial charge is 0.493 e. The molecule has 0 amide bonds. The summed E-state index contributed by atoms with van der Waals surface area (Å²) in [7, 11) is 1.39. The molecule has 27 heavy (non-hydrogen) atoms. The van der Waals surface area contributed by atoms with Crippen LogP contribution >= 0.6 is 11.6 Å². The van der Waals surface area contributed by atoms with Gasteiger partial charge in [0, 0.05) is 12.6 Å². The predicted octanol–water partition coefficient (Wildman–Crippen LogP) is 5.95. The summed E-state index contributed by atoms with van der Waals surface area (Å²) < 4.78 is 34.7. The lowest BCUT2D eigenvalue weighted by Crippen LogP contribution is -2.18. The third-order valence-electron chi connectivity index (χ3n) is 4.40. The zero-order valence-electron chi connectivity index (χ0n) is 15.0. The Kier molecular flexibility index (Phi) is 6.14. The molecule has 6 heteroatoms. The van der Waals surface area contributed by atoms with Crippen molar-refractivity contribution in [2.75, 3.05) is 7.11 Å². The van der Waals surface area contributed by atoms with Crippen LogP contribution in [0, 0.1) is 0 Å². The molecule has 0 heterocycles. The summed E-state index contributed by atoms with van der Waals surface area (Å²) in [4.78, 5) is 0. The Morgan fingerprint density at radius 3 is 2.56 bits per heavy atom. The van der Waals surface area contributed by atoms with E-state index in [0.29, 0.717) is 6.54 Å². The second-order valence-corrected chi connectivity index (χ2v) is 6.57. The van der Waals surface area contributed by atoms with E-state index < -0.39 is 6.61 Å². The minimum Gasteiger partial charge on any atom is -0.493 e. The third-order valence-corrected chi connectivity index (χ3v) is 4.68. The number of ether oxygens (including phenoxy) is 2. The van der Waals surface area contributed by atoms with Crippen LogP contribution in [0.5, 0.6) is 11.5 Å². The molecule has 0 bridgehead atoms. The van der Waals surface area contributed by atoms with Gasteiger partial charge in [-0.3, -0.25) is 0 Å². The minimum atomic E-state index is -2.97. The third kappa shape index (κ3) is 4.49. The molecule has 1 atom stereocenters. The number of hydrogen-bond acceptors (Lipinski definition) is 3. The molecule has 0 aliphatic rings. The predicted molar refractivity (Wildman–Crippen MR) is 104 cm³/mol. The molecule has 0 saturated carbocycles. The molecule has 0 fully saturated rings. The molecule has 3 aromatic rings. The van der Waals surface area contributed by atoms with Crippen molar-refractivity contribution in [3.63, 3.8) is 0 Å². The van der Waals surface area contributed by atoms with Crippen LogP contribution in [0.4, 0.5) is 8.78 Å². The molecule has 0 aliphatic heterocycles. The quantitative estimate of drug-likeness (QED) is 0.539. The normalized spacial score (nSPS) is 12.4. The molecular formula is C21H20ClF2NO2. The first-order valence-corrected chi connectivity index (χ1v) is 8.89. The van der Waals surface area contributed by atoms with Crippen LogP contribution in [0.1, 0.15) is 24.1 Å². The van der Waals surface area contributed by atoms with Gasteiger partial charge in [-0.05, 0) is 41.0 Å². The summed E-state index contributed by atoms with van der Waals surface area (Å²) >= 11 is 6.10. The lowest BCUT2D eigenvalue weighted by molar-refractivity contribution is -0.0511. The van der Waals surface area contributed by atoms with Crippen LogP contribution in [0.3, 0.4) is 0 Å². The maximum atomic E-state index is 12.5. The van der Waals surface area contributed by atoms with Gasteiger partial charge in [0.05, 0.1) is 12.1 Å². The number of rotatable bonds is 7. The Morgan fingerprint density at radius 1 is 1.07 bits per heavy atom. The number of fused-ring (bicyclic) bond motifs is 1. The molecule has 0 radical (unpaired) electrons. The standard InChI is InChI=1S/C21H20ClF2NO2/c1-13(16-9-5-7-15-6-3-4-8-17(15)16)25-12-14-10-18(22)20(27-21(23)24)19(11-14)26-2/h3-11,13,21,25H,12H2,1-2H3/t13-/m1/s1. The van der Waals surface area contributed by atoms with Gasteiger partial charge in [0.15, 0.2) is 11.5 Å². The minimum absolute atomic E-state index is 0.0814. The van der Waals surface area contributed by atoms with Crippen molar-refractivity contribution in [3.05, 3.63) is 70.7 Å². The number of benzene rings is 3. The first-order valence-electron chi connectivity index (χ1n) is 8.52. The molecule has 0 saturated heterocycles. The van der Waals surface area contributed by atoms with Gasteiger partial charge in [-0.25, -0.2) is 0 Å². The highest BCUT2D eigenvalue weighted by molar-refractivity contribution is 6.32. The second-order valence-electron chi connectivity index (χ2n) is 6.16. The molecule has 3 rings (SSSR count). The van der Waals surface area contributed by atoms with Gasteiger partial charge >= 0.3 is 6.61 Å². The topological polar surface area (TPSA) is 30.5 Å². The lowest BCUT2D eigenvalue weighted by atomic mass is 9.99. The molecule has 3 aromatic carbocycles. The molecule has 0 unspecified atom stereocenters. The highest BCUT2D eigenvalue weighted by Crippen LogP contribution is 2.37. The zero-order valence-corrected chi connectivity index (χ0v) is 15.8. The Labute approximate surface area is 161 Å². The fraction of sp³-hybridized carbons (Fsp3) is 0.238. The van der Waals surface area contributed by atoms with Gasteiger partial charge in [-0.15, -0.1) is 0 Å². The van der Waals surface area contributed by atoms with Gasteiger partial charge in [-0.2, -0.15) is 8.78 Å². The van der Waals surface area contributed by atoms with E-state index in [0.717, 1.165) is 5.56 Å².